The summed E-state index contributed by atoms with van der Waals surface area (Å²) >= 11 is 6.13. The van der Waals surface area contributed by atoms with E-state index in [1.165, 1.54) is 5.56 Å². The van der Waals surface area contributed by atoms with Crippen LogP contribution in [0.4, 0.5) is 0 Å². The van der Waals surface area contributed by atoms with Crippen LogP contribution in [0.2, 0.25) is 5.02 Å². The van der Waals surface area contributed by atoms with Gasteiger partial charge in [0.1, 0.15) is 5.75 Å². The van der Waals surface area contributed by atoms with Crippen LogP contribution in [0.5, 0.6) is 5.75 Å². The number of ether oxygens (including phenoxy) is 1. The first kappa shape index (κ1) is 17.4. The van der Waals surface area contributed by atoms with Crippen LogP contribution in [0.25, 0.3) is 0 Å². The van der Waals surface area contributed by atoms with Crippen molar-refractivity contribution >= 4 is 41.5 Å². The van der Waals surface area contributed by atoms with Crippen LogP contribution >= 0.6 is 35.6 Å². The maximum atomic E-state index is 6.13. The number of aliphatic imine (C=N–C) groups is 1. The zero-order chi connectivity index (χ0) is 13.7. The highest BCUT2D eigenvalue weighted by molar-refractivity contribution is 14.0. The Morgan fingerprint density at radius 1 is 1.30 bits per heavy atom. The maximum absolute atomic E-state index is 6.13. The van der Waals surface area contributed by atoms with Crippen molar-refractivity contribution in [3.05, 3.63) is 28.3 Å². The van der Waals surface area contributed by atoms with Crippen molar-refractivity contribution in [1.82, 2.24) is 10.6 Å². The van der Waals surface area contributed by atoms with Crippen molar-refractivity contribution in [2.24, 2.45) is 4.99 Å². The predicted octanol–water partition coefficient (Wildman–Crippen LogP) is 2.97. The zero-order valence-electron chi connectivity index (χ0n) is 11.8. The average molecular weight is 410 g/mol. The van der Waals surface area contributed by atoms with E-state index >= 15 is 0 Å². The van der Waals surface area contributed by atoms with Crippen LogP contribution in [-0.4, -0.2) is 25.7 Å². The molecule has 1 aromatic rings. The first-order valence-corrected chi connectivity index (χ1v) is 7.08. The highest BCUT2D eigenvalue weighted by Gasteiger charge is 2.17. The molecule has 1 heterocycles. The molecule has 0 aliphatic carbocycles. The lowest BCUT2D eigenvalue weighted by Gasteiger charge is -2.11. The fourth-order valence-electron chi connectivity index (χ4n) is 2.14. The van der Waals surface area contributed by atoms with Crippen LogP contribution in [0.15, 0.2) is 17.1 Å². The van der Waals surface area contributed by atoms with Gasteiger partial charge in [-0.05, 0) is 31.5 Å². The molecule has 0 saturated carbocycles. The van der Waals surface area contributed by atoms with Crippen LogP contribution in [0, 0.1) is 0 Å². The number of nitrogens with one attached hydrogen (secondary N) is 2. The van der Waals surface area contributed by atoms with Gasteiger partial charge in [0.05, 0.1) is 13.2 Å². The molecule has 0 spiro atoms. The number of guanidine groups is 1. The molecule has 1 aliphatic heterocycles. The summed E-state index contributed by atoms with van der Waals surface area (Å²) in [5, 5.41) is 7.16. The van der Waals surface area contributed by atoms with Crippen molar-refractivity contribution in [1.29, 1.82) is 0 Å². The molecule has 1 aromatic carbocycles. The summed E-state index contributed by atoms with van der Waals surface area (Å²) in [6, 6.07) is 3.91. The lowest BCUT2D eigenvalue weighted by molar-refractivity contribution is 0.353. The Morgan fingerprint density at radius 3 is 2.65 bits per heavy atom. The van der Waals surface area contributed by atoms with E-state index in [2.05, 4.69) is 15.6 Å². The summed E-state index contributed by atoms with van der Waals surface area (Å²) < 4.78 is 5.67. The molecule has 0 bridgehead atoms. The number of halogens is 2. The van der Waals surface area contributed by atoms with Crippen molar-refractivity contribution in [3.63, 3.8) is 0 Å². The van der Waals surface area contributed by atoms with Crippen LogP contribution < -0.4 is 15.4 Å². The monoisotopic (exact) mass is 409 g/mol. The van der Waals surface area contributed by atoms with Crippen molar-refractivity contribution in [2.75, 3.05) is 19.7 Å². The molecular formula is C14H21ClIN3O. The molecule has 6 heteroatoms. The normalized spacial score (nSPS) is 11.9. The first-order chi connectivity index (χ1) is 9.24. The third kappa shape index (κ3) is 4.41. The lowest BCUT2D eigenvalue weighted by atomic mass is 10.1. The van der Waals surface area contributed by atoms with E-state index in [4.69, 9.17) is 16.3 Å². The van der Waals surface area contributed by atoms with E-state index in [-0.39, 0.29) is 24.0 Å². The molecule has 112 valence electrons. The minimum Gasteiger partial charge on any atom is -0.493 e. The average Bonchev–Trinajstić information content (AvgIpc) is 2.84. The molecule has 0 fully saturated rings. The Labute approximate surface area is 142 Å². The minimum atomic E-state index is 0. The van der Waals surface area contributed by atoms with E-state index in [0.717, 1.165) is 48.4 Å². The van der Waals surface area contributed by atoms with Gasteiger partial charge in [-0.25, -0.2) is 4.99 Å². The van der Waals surface area contributed by atoms with Crippen molar-refractivity contribution < 1.29 is 4.74 Å². The quantitative estimate of drug-likeness (QED) is 0.457. The largest absolute Gasteiger partial charge is 0.493 e. The topological polar surface area (TPSA) is 45.7 Å². The predicted molar refractivity (Wildman–Crippen MR) is 94.6 cm³/mol. The molecule has 20 heavy (non-hydrogen) atoms. The molecule has 0 aromatic heterocycles. The summed E-state index contributed by atoms with van der Waals surface area (Å²) in [5.74, 6) is 1.78. The van der Waals surface area contributed by atoms with E-state index < -0.39 is 0 Å². The molecule has 2 N–H and O–H groups in total. The number of hydrogen-bond donors (Lipinski definition) is 2. The summed E-state index contributed by atoms with van der Waals surface area (Å²) in [4.78, 5) is 4.55. The van der Waals surface area contributed by atoms with Gasteiger partial charge in [-0.2, -0.15) is 0 Å². The van der Waals surface area contributed by atoms with Crippen molar-refractivity contribution in [3.8, 4) is 5.75 Å². The summed E-state index contributed by atoms with van der Waals surface area (Å²) in [6.07, 6.45) is 0.930. The summed E-state index contributed by atoms with van der Waals surface area (Å²) in [5.41, 5.74) is 2.24. The van der Waals surface area contributed by atoms with Gasteiger partial charge < -0.3 is 15.4 Å². The number of nitrogens with zero attached hydrogens (tertiary/aromatic N) is 1. The van der Waals surface area contributed by atoms with Gasteiger partial charge in [0.15, 0.2) is 5.96 Å². The molecule has 0 saturated heterocycles. The van der Waals surface area contributed by atoms with Crippen LogP contribution in [0.1, 0.15) is 25.0 Å². The Balaban J connectivity index is 0.00000200. The molecule has 0 atom stereocenters. The van der Waals surface area contributed by atoms with Gasteiger partial charge in [-0.1, -0.05) is 11.6 Å². The molecule has 1 aliphatic rings. The number of rotatable bonds is 4. The second kappa shape index (κ2) is 8.56. The molecule has 0 unspecified atom stereocenters. The first-order valence-electron chi connectivity index (χ1n) is 6.70. The highest BCUT2D eigenvalue weighted by Crippen LogP contribution is 2.33. The Morgan fingerprint density at radius 2 is 2.00 bits per heavy atom. The Kier molecular flexibility index (Phi) is 7.43. The highest BCUT2D eigenvalue weighted by atomic mass is 127. The molecule has 2 rings (SSSR count). The molecule has 0 radical (unpaired) electrons. The van der Waals surface area contributed by atoms with Gasteiger partial charge in [0.2, 0.25) is 0 Å². The number of benzene rings is 1. The molecular weight excluding hydrogens is 389 g/mol. The minimum absolute atomic E-state index is 0. The van der Waals surface area contributed by atoms with E-state index in [9.17, 15) is 0 Å². The third-order valence-corrected chi connectivity index (χ3v) is 3.14. The number of hydrogen-bond acceptors (Lipinski definition) is 2. The lowest BCUT2D eigenvalue weighted by Crippen LogP contribution is -2.36. The van der Waals surface area contributed by atoms with Gasteiger partial charge in [0, 0.05) is 30.1 Å². The fourth-order valence-corrected chi connectivity index (χ4v) is 2.40. The zero-order valence-corrected chi connectivity index (χ0v) is 14.9. The van der Waals surface area contributed by atoms with E-state index in [1.807, 2.05) is 26.0 Å². The van der Waals surface area contributed by atoms with Crippen molar-refractivity contribution in [2.45, 2.75) is 26.8 Å². The summed E-state index contributed by atoms with van der Waals surface area (Å²) in [6.45, 7) is 7.09. The Hall–Kier alpha value is -0.690. The fraction of sp³-hybridized carbons (Fsp3) is 0.500. The van der Waals surface area contributed by atoms with E-state index in [1.54, 1.807) is 0 Å². The van der Waals surface area contributed by atoms with Crippen LogP contribution in [0.3, 0.4) is 0 Å². The van der Waals surface area contributed by atoms with Gasteiger partial charge in [-0.3, -0.25) is 0 Å². The van der Waals surface area contributed by atoms with E-state index in [0.29, 0.717) is 6.54 Å². The summed E-state index contributed by atoms with van der Waals surface area (Å²) in [7, 11) is 0. The SMILES string of the molecule is CCNC(=NCc1cc(Cl)cc2c1OCC2)NCC.I. The second-order valence-electron chi connectivity index (χ2n) is 4.38. The third-order valence-electron chi connectivity index (χ3n) is 2.92. The second-order valence-corrected chi connectivity index (χ2v) is 4.81. The molecule has 0 amide bonds. The molecule has 4 nitrogen and oxygen atoms in total. The number of fused-ring (bicyclic) bond motifs is 1. The maximum Gasteiger partial charge on any atom is 0.191 e. The smallest absolute Gasteiger partial charge is 0.191 e. The Bertz CT molecular complexity index is 472. The standard InChI is InChI=1S/C14H20ClN3O.HI/c1-3-16-14(17-4-2)18-9-11-8-12(15)7-10-5-6-19-13(10)11;/h7-8H,3-6,9H2,1-2H3,(H2,16,17,18);1H. The van der Waals surface area contributed by atoms with Gasteiger partial charge in [0.25, 0.3) is 0 Å². The van der Waals surface area contributed by atoms with Crippen LogP contribution in [-0.2, 0) is 13.0 Å². The van der Waals surface area contributed by atoms with Gasteiger partial charge in [-0.15, -0.1) is 24.0 Å². The van der Waals surface area contributed by atoms with Gasteiger partial charge >= 0.3 is 0 Å².